The highest BCUT2D eigenvalue weighted by atomic mass is 32.2. The number of Topliss-reactive ketones (excluding diaryl/α,β-unsaturated/α-hetero) is 2. The molecule has 0 aromatic heterocycles. The number of anilines is 4. The van der Waals surface area contributed by atoms with E-state index in [0.29, 0.717) is 130 Å². The lowest BCUT2D eigenvalue weighted by Gasteiger charge is -2.20. The first-order chi connectivity index (χ1) is 61.3. The molecule has 50 nitrogen and oxygen atoms in total. The van der Waals surface area contributed by atoms with Crippen molar-refractivity contribution in [2.24, 2.45) is 10.2 Å². The second kappa shape index (κ2) is 65.2. The van der Waals surface area contributed by atoms with Crippen LogP contribution in [0.1, 0.15) is 56.8 Å². The Bertz CT molecular complexity index is 4470. The number of aliphatic hydroxyl groups excluding tert-OH is 18. The van der Waals surface area contributed by atoms with E-state index in [0.717, 1.165) is 72.8 Å². The van der Waals surface area contributed by atoms with Gasteiger partial charge in [0.05, 0.1) is 151 Å². The molecule has 130 heavy (non-hydrogen) atoms. The Labute approximate surface area is 754 Å². The van der Waals surface area contributed by atoms with Crippen molar-refractivity contribution in [3.63, 3.8) is 0 Å². The van der Waals surface area contributed by atoms with Crippen molar-refractivity contribution in [3.8, 4) is 0 Å². The summed E-state index contributed by atoms with van der Waals surface area (Å²) in [7, 11) is -30.8. The highest BCUT2D eigenvalue weighted by Crippen LogP contribution is 2.36. The van der Waals surface area contributed by atoms with Gasteiger partial charge in [0, 0.05) is 142 Å². The van der Waals surface area contributed by atoms with Crippen molar-refractivity contribution in [1.29, 1.82) is 0 Å². The van der Waals surface area contributed by atoms with E-state index in [2.05, 4.69) is 31.7 Å². The standard InChI is InChI=1S/C38H34N6O20S6.6C6H15NO3/c1-3-39-27-17-25(65(47,48)49)11-21-13-31(69(59,60)61)35(37(45)33(21)27)43-41-23-9-7-19(29(15-23)67(53,54)55)5-6-20-8-10-24(16-30(20)68(56,57)58)42-44-36-32(70(62,63)64)14-22-12-26(66(50,51)52)18-28(40-4-2)34(22)38(36)46;6*8-4-1-7(2-5-9)3-6-10/h5-18,39-42H,3-4H2,1-2H3,(H,47,48,49)(H,50,51,52)(H,53,54,55)(H,56,57,58)(H,59,60,61)(H,62,63,64);6*8-10H,1-6H2/b6-5+,43-35+,44-36+;;;;;;. The average molecular weight is 1980 g/mol. The van der Waals surface area contributed by atoms with Crippen LogP contribution in [-0.4, -0.2) is 472 Å². The molecule has 56 heteroatoms. The van der Waals surface area contributed by atoms with Crippen LogP contribution in [0.15, 0.2) is 100 Å². The van der Waals surface area contributed by atoms with Crippen LogP contribution in [0.4, 0.5) is 22.7 Å². The number of rotatable bonds is 52. The Morgan fingerprint density at radius 2 is 0.500 bits per heavy atom. The second-order valence-electron chi connectivity index (χ2n) is 26.5. The van der Waals surface area contributed by atoms with Gasteiger partial charge in [-0.1, -0.05) is 24.3 Å². The smallest absolute Gasteiger partial charge is 0.296 e. The molecule has 0 unspecified atom stereocenters. The average Bonchev–Trinajstić information content (AvgIpc) is 0.752. The molecule has 0 spiro atoms. The lowest BCUT2D eigenvalue weighted by molar-refractivity contribution is 0.105. The van der Waals surface area contributed by atoms with Gasteiger partial charge in [-0.05, 0) is 96.8 Å². The van der Waals surface area contributed by atoms with Crippen LogP contribution in [-0.2, 0) is 60.7 Å². The minimum atomic E-state index is -5.30. The fourth-order valence-electron chi connectivity index (χ4n) is 11.4. The van der Waals surface area contributed by atoms with Gasteiger partial charge in [0.25, 0.3) is 60.7 Å². The van der Waals surface area contributed by atoms with Crippen LogP contribution >= 0.6 is 0 Å². The zero-order valence-corrected chi connectivity index (χ0v) is 76.3. The molecule has 0 aliphatic heterocycles. The lowest BCUT2D eigenvalue weighted by Crippen LogP contribution is -2.32. The van der Waals surface area contributed by atoms with Crippen LogP contribution in [0.25, 0.3) is 24.3 Å². The predicted molar refractivity (Wildman–Crippen MR) is 478 cm³/mol. The van der Waals surface area contributed by atoms with Crippen LogP contribution < -0.4 is 21.5 Å². The Morgan fingerprint density at radius 3 is 0.669 bits per heavy atom. The maximum absolute atomic E-state index is 13.7. The summed E-state index contributed by atoms with van der Waals surface area (Å²) in [6.07, 6.45) is 3.30. The molecule has 4 aromatic carbocycles. The van der Waals surface area contributed by atoms with E-state index in [-0.39, 0.29) is 188 Å². The van der Waals surface area contributed by atoms with Gasteiger partial charge in [0.15, 0.2) is 11.4 Å². The van der Waals surface area contributed by atoms with Crippen molar-refractivity contribution in [2.75, 3.05) is 271 Å². The quantitative estimate of drug-likeness (QED) is 0.0111. The van der Waals surface area contributed by atoms with E-state index < -0.39 is 113 Å². The van der Waals surface area contributed by atoms with Crippen molar-refractivity contribution in [1.82, 2.24) is 29.4 Å². The molecule has 0 saturated carbocycles. The molecule has 0 heterocycles. The normalized spacial score (nSPS) is 13.5. The Balaban J connectivity index is 0.00000219. The van der Waals surface area contributed by atoms with Crippen LogP contribution in [0.5, 0.6) is 0 Å². The monoisotopic (exact) mass is 1980 g/mol. The molecular weight excluding hydrogens is 1860 g/mol. The van der Waals surface area contributed by atoms with E-state index in [1.807, 2.05) is 0 Å². The largest absolute Gasteiger partial charge is 0.395 e. The first-order valence-corrected chi connectivity index (χ1v) is 48.1. The second-order valence-corrected chi connectivity index (χ2v) is 34.9. The van der Waals surface area contributed by atoms with Crippen LogP contribution in [0, 0.1) is 0 Å². The zero-order chi connectivity index (χ0) is 99.0. The van der Waals surface area contributed by atoms with E-state index in [1.54, 1.807) is 43.2 Å². The SMILES string of the molecule is CCNc1cc(S(=O)(=O)O)cc2c1C(=O)/C(=N/Nc1ccc(/C=C/c3ccc(N/N=C4/C(=O)c5c(cc(S(=O)(=O)O)cc5NCC)C=C4S(=O)(=O)O)cc3S(=O)(=O)O)c(S(=O)(=O)O)c1)C(S(=O)(=O)O)=C2.OCCN(CCO)CCO.OCCN(CCO)CCO.OCCN(CCO)CCO.OCCN(CCO)CCO.OCCN(CCO)CCO.OCCN(CCO)CCO. The van der Waals surface area contributed by atoms with E-state index in [1.165, 1.54) is 0 Å². The number of hydrogen-bond acceptors (Lipinski definition) is 44. The minimum Gasteiger partial charge on any atom is -0.395 e. The molecule has 0 fully saturated rings. The number of carbonyl (C=O) groups excluding carboxylic acids is 2. The first kappa shape index (κ1) is 122. The van der Waals surface area contributed by atoms with Gasteiger partial charge in [-0.15, -0.1) is 0 Å². The fraction of sp³-hybridized carbons (Fsp3) is 0.541. The molecule has 2 aliphatic rings. The number of allylic oxidation sites excluding steroid dienone is 2. The number of nitrogens with zero attached hydrogens (tertiary/aromatic N) is 8. The third-order valence-electron chi connectivity index (χ3n) is 17.2. The summed E-state index contributed by atoms with van der Waals surface area (Å²) in [4.78, 5) is 32.6. The summed E-state index contributed by atoms with van der Waals surface area (Å²) in [5.74, 6) is -2.39. The Morgan fingerprint density at radius 1 is 0.292 bits per heavy atom. The van der Waals surface area contributed by atoms with E-state index in [9.17, 15) is 87.4 Å². The maximum atomic E-state index is 13.7. The Hall–Kier alpha value is -7.52. The number of nitrogens with one attached hydrogen (secondary N) is 4. The van der Waals surface area contributed by atoms with Crippen molar-refractivity contribution in [3.05, 3.63) is 104 Å². The third-order valence-corrected chi connectivity index (χ3v) is 22.4. The number of ketones is 2. The molecule has 6 rings (SSSR count). The van der Waals surface area contributed by atoms with E-state index >= 15 is 0 Å². The summed E-state index contributed by atoms with van der Waals surface area (Å²) in [6.45, 7) is 13.8. The van der Waals surface area contributed by atoms with Crippen molar-refractivity contribution >= 4 is 131 Å². The molecular formula is C74H124N12O38S6. The van der Waals surface area contributed by atoms with Crippen molar-refractivity contribution < 1.29 is 179 Å². The van der Waals surface area contributed by atoms with Gasteiger partial charge in [0.2, 0.25) is 11.6 Å². The maximum Gasteiger partial charge on any atom is 0.296 e. The van der Waals surface area contributed by atoms with Gasteiger partial charge in [-0.2, -0.15) is 60.7 Å². The van der Waals surface area contributed by atoms with Gasteiger partial charge >= 0.3 is 0 Å². The molecule has 0 amide bonds. The molecule has 28 N–H and O–H groups in total. The molecule has 4 aromatic rings. The highest BCUT2D eigenvalue weighted by molar-refractivity contribution is 7.91. The predicted octanol–water partition coefficient (Wildman–Crippen LogP) is -6.91. The van der Waals surface area contributed by atoms with Gasteiger partial charge in [0.1, 0.15) is 19.6 Å². The summed E-state index contributed by atoms with van der Waals surface area (Å²) in [6, 6.07) is 9.00. The van der Waals surface area contributed by atoms with Crippen LogP contribution in [0.2, 0.25) is 0 Å². The number of benzene rings is 4. The number of carbonyl (C=O) groups is 2. The van der Waals surface area contributed by atoms with Gasteiger partial charge in [-0.25, -0.2) is 0 Å². The number of hydrogen-bond donors (Lipinski definition) is 28. The summed E-state index contributed by atoms with van der Waals surface area (Å²) in [5, 5.41) is 166. The Kier molecular flexibility index (Phi) is 61.4. The van der Waals surface area contributed by atoms with Crippen LogP contribution in [0.3, 0.4) is 0 Å². The molecule has 0 bridgehead atoms. The first-order valence-electron chi connectivity index (χ1n) is 39.5. The molecule has 0 radical (unpaired) electrons. The van der Waals surface area contributed by atoms with Gasteiger partial charge < -0.3 is 103 Å². The van der Waals surface area contributed by atoms with Crippen molar-refractivity contribution in [2.45, 2.75) is 33.4 Å². The summed E-state index contributed by atoms with van der Waals surface area (Å²) < 4.78 is 207. The topological polar surface area (TPSA) is 817 Å². The molecule has 2 aliphatic carbocycles. The number of fused-ring (bicyclic) bond motifs is 2. The highest BCUT2D eigenvalue weighted by Gasteiger charge is 2.38. The lowest BCUT2D eigenvalue weighted by atomic mass is 9.93. The molecule has 0 saturated heterocycles. The fourth-order valence-corrected chi connectivity index (χ4v) is 15.2. The number of hydrazone groups is 2. The summed E-state index contributed by atoms with van der Waals surface area (Å²) in [5.41, 5.74) is -0.644. The molecule has 744 valence electrons. The summed E-state index contributed by atoms with van der Waals surface area (Å²) >= 11 is 0. The van der Waals surface area contributed by atoms with E-state index in [4.69, 9.17) is 91.9 Å². The third kappa shape index (κ3) is 45.9. The zero-order valence-electron chi connectivity index (χ0n) is 71.4. The van der Waals surface area contributed by atoms with Gasteiger partial charge in [-0.3, -0.25) is 77.2 Å². The number of aliphatic hydroxyl groups is 18. The minimum absolute atomic E-state index is 0.0694. The molecule has 0 atom stereocenters.